The van der Waals surface area contributed by atoms with Crippen LogP contribution in [0.15, 0.2) is 0 Å². The smallest absolute Gasteiger partial charge is 0.410 e. The molecule has 13 unspecified atom stereocenters. The van der Waals surface area contributed by atoms with Crippen molar-refractivity contribution in [3.05, 3.63) is 0 Å². The van der Waals surface area contributed by atoms with Crippen molar-refractivity contribution < 1.29 is 42.1 Å². The van der Waals surface area contributed by atoms with Gasteiger partial charge in [0.1, 0.15) is 12.2 Å². The Morgan fingerprint density at radius 2 is 1.67 bits per heavy atom. The summed E-state index contributed by atoms with van der Waals surface area (Å²) < 4.78 is 57.1. The summed E-state index contributed by atoms with van der Waals surface area (Å²) in [5, 5.41) is 15.0. The molecule has 0 aromatic rings. The molecule has 0 radical (unpaired) electrons. The molecule has 10 nitrogen and oxygen atoms in total. The molecule has 2 spiro atoms. The number of likely N-dealkylation sites (tertiary alicyclic amines) is 2. The van der Waals surface area contributed by atoms with Crippen LogP contribution in [-0.4, -0.2) is 108 Å². The number of carbonyl (C=O) groups is 2. The molecular formula is C39H61F3N4O6. The number of alkyl halides is 3. The first-order valence-electron chi connectivity index (χ1n) is 20.1. The summed E-state index contributed by atoms with van der Waals surface area (Å²) in [7, 11) is 0. The molecule has 13 heteroatoms. The molecule has 4 N–H and O–H groups in total. The van der Waals surface area contributed by atoms with Gasteiger partial charge in [0.05, 0.1) is 30.4 Å². The molecule has 8 rings (SSSR count). The Hall–Kier alpha value is -1.83. The third-order valence-electron chi connectivity index (χ3n) is 16.6. The monoisotopic (exact) mass is 738 g/mol. The van der Waals surface area contributed by atoms with Crippen molar-refractivity contribution in [1.82, 2.24) is 15.1 Å². The van der Waals surface area contributed by atoms with Crippen LogP contribution >= 0.6 is 0 Å². The van der Waals surface area contributed by atoms with Gasteiger partial charge >= 0.3 is 18.4 Å². The minimum Gasteiger partial charge on any atom is -0.446 e. The van der Waals surface area contributed by atoms with Crippen molar-refractivity contribution in [3.8, 4) is 0 Å². The molecule has 8 aliphatic rings. The molecule has 3 aliphatic heterocycles. The second kappa shape index (κ2) is 12.1. The fourth-order valence-electron chi connectivity index (χ4n) is 13.9. The zero-order valence-electron chi connectivity index (χ0n) is 31.8. The number of amides is 2. The summed E-state index contributed by atoms with van der Waals surface area (Å²) in [6, 6.07) is -0.377. The Morgan fingerprint density at radius 3 is 2.31 bits per heavy atom. The maximum atomic E-state index is 13.2. The quantitative estimate of drug-likeness (QED) is 0.317. The van der Waals surface area contributed by atoms with E-state index in [0.717, 1.165) is 70.9 Å². The topological polar surface area (TPSA) is 127 Å². The summed E-state index contributed by atoms with van der Waals surface area (Å²) in [4.78, 5) is 29.3. The lowest BCUT2D eigenvalue weighted by Gasteiger charge is -2.63. The molecule has 294 valence electrons. The van der Waals surface area contributed by atoms with E-state index >= 15 is 0 Å². The number of rotatable bonds is 6. The van der Waals surface area contributed by atoms with Gasteiger partial charge in [0.2, 0.25) is 0 Å². The molecule has 52 heavy (non-hydrogen) atoms. The van der Waals surface area contributed by atoms with Crippen molar-refractivity contribution in [3.63, 3.8) is 0 Å². The Kier molecular flexibility index (Phi) is 8.62. The van der Waals surface area contributed by atoms with Gasteiger partial charge in [0.25, 0.3) is 0 Å². The molecule has 5 aliphatic carbocycles. The number of fused-ring (bicyclic) bond motifs is 4. The SMILES string of the molecule is CC(C)C(OC(=O)N1CCC1)C1CC(C)C2C(O1)C(O)C1(N)C3CCC4C(C)(C)C(OC(=O)N5CC(NCC(F)(F)F)C5)CCC45CC35CCC21C. The van der Waals surface area contributed by atoms with Crippen LogP contribution < -0.4 is 11.1 Å². The number of nitrogens with two attached hydrogens (primary N) is 1. The third-order valence-corrected chi connectivity index (χ3v) is 16.6. The fourth-order valence-corrected chi connectivity index (χ4v) is 13.9. The summed E-state index contributed by atoms with van der Waals surface area (Å²) >= 11 is 0. The molecule has 0 aromatic heterocycles. The zero-order chi connectivity index (χ0) is 37.4. The van der Waals surface area contributed by atoms with Crippen LogP contribution in [0.4, 0.5) is 22.8 Å². The average Bonchev–Trinajstić information content (AvgIpc) is 3.63. The van der Waals surface area contributed by atoms with Gasteiger partial charge in [-0.2, -0.15) is 13.2 Å². The maximum Gasteiger partial charge on any atom is 0.410 e. The Labute approximate surface area is 306 Å². The predicted molar refractivity (Wildman–Crippen MR) is 186 cm³/mol. The summed E-state index contributed by atoms with van der Waals surface area (Å²) in [5.41, 5.74) is 6.48. The van der Waals surface area contributed by atoms with E-state index < -0.39 is 42.7 Å². The number of carbonyl (C=O) groups excluding carboxylic acids is 2. The zero-order valence-corrected chi connectivity index (χ0v) is 31.8. The Balaban J connectivity index is 0.969. The van der Waals surface area contributed by atoms with E-state index in [1.807, 2.05) is 0 Å². The largest absolute Gasteiger partial charge is 0.446 e. The average molecular weight is 739 g/mol. The first kappa shape index (κ1) is 37.1. The van der Waals surface area contributed by atoms with Gasteiger partial charge in [-0.15, -0.1) is 0 Å². The van der Waals surface area contributed by atoms with E-state index in [1.54, 1.807) is 4.90 Å². The lowest BCUT2D eigenvalue weighted by Crippen LogP contribution is -2.70. The molecule has 8 fully saturated rings. The van der Waals surface area contributed by atoms with Crippen LogP contribution in [0.2, 0.25) is 0 Å². The number of hydrogen-bond donors (Lipinski definition) is 3. The summed E-state index contributed by atoms with van der Waals surface area (Å²) in [6.07, 6.45) is 1.12. The number of aliphatic hydroxyl groups excluding tert-OH is 1. The van der Waals surface area contributed by atoms with Gasteiger partial charge in [-0.05, 0) is 104 Å². The van der Waals surface area contributed by atoms with Gasteiger partial charge in [0.15, 0.2) is 0 Å². The number of nitrogens with one attached hydrogen (secondary N) is 1. The van der Waals surface area contributed by atoms with E-state index in [9.17, 15) is 27.9 Å². The highest BCUT2D eigenvalue weighted by Gasteiger charge is 2.85. The van der Waals surface area contributed by atoms with Crippen molar-refractivity contribution in [1.29, 1.82) is 0 Å². The first-order valence-corrected chi connectivity index (χ1v) is 20.1. The minimum absolute atomic E-state index is 0.0234. The molecular weight excluding hydrogens is 677 g/mol. The molecule has 3 saturated heterocycles. The van der Waals surface area contributed by atoms with E-state index in [1.165, 1.54) is 4.90 Å². The summed E-state index contributed by atoms with van der Waals surface area (Å²) in [6.45, 7) is 14.0. The van der Waals surface area contributed by atoms with Crippen LogP contribution in [0.25, 0.3) is 0 Å². The fraction of sp³-hybridized carbons (Fsp3) is 0.949. The maximum absolute atomic E-state index is 13.2. The van der Waals surface area contributed by atoms with Crippen LogP contribution in [0.1, 0.15) is 99.3 Å². The standard InChI is InChI=1S/C39H61F3N4O6/c1-21(2)29(52-32(48)45-14-7-15-45)24-16-22(3)28-30(50-24)31(47)39(43)26-9-8-25-34(4,5)27(10-11-36(25)19-37(26,36)13-12-35(28,39)6)51-33(49)46-17-23(18-46)44-20-38(40,41)42/h21-31,44,47H,7-20,43H2,1-6H3. The Bertz CT molecular complexity index is 1440. The van der Waals surface area contributed by atoms with Crippen molar-refractivity contribution in [2.75, 3.05) is 32.7 Å². The second-order valence-corrected chi connectivity index (χ2v) is 19.6. The lowest BCUT2D eigenvalue weighted by atomic mass is 9.43. The molecule has 13 atom stereocenters. The van der Waals surface area contributed by atoms with Gasteiger partial charge in [-0.25, -0.2) is 9.59 Å². The molecule has 3 heterocycles. The highest BCUT2D eigenvalue weighted by molar-refractivity contribution is 5.69. The van der Waals surface area contributed by atoms with Gasteiger partial charge in [0, 0.05) is 37.6 Å². The second-order valence-electron chi connectivity index (χ2n) is 19.6. The number of halogens is 3. The molecule has 5 saturated carbocycles. The van der Waals surface area contributed by atoms with Gasteiger partial charge in [-0.3, -0.25) is 0 Å². The first-order chi connectivity index (χ1) is 24.3. The van der Waals surface area contributed by atoms with Crippen LogP contribution in [-0.2, 0) is 14.2 Å². The van der Waals surface area contributed by atoms with Crippen molar-refractivity contribution >= 4 is 12.2 Å². The van der Waals surface area contributed by atoms with E-state index in [4.69, 9.17) is 19.9 Å². The van der Waals surface area contributed by atoms with E-state index in [0.29, 0.717) is 5.92 Å². The number of ether oxygens (including phenoxy) is 3. The van der Waals surface area contributed by atoms with Crippen molar-refractivity contribution in [2.24, 2.45) is 57.0 Å². The van der Waals surface area contributed by atoms with Gasteiger partial charge in [-0.1, -0.05) is 41.5 Å². The third kappa shape index (κ3) is 5.16. The van der Waals surface area contributed by atoms with E-state index in [-0.39, 0.29) is 82.8 Å². The number of aliphatic hydroxyl groups is 1. The van der Waals surface area contributed by atoms with Crippen LogP contribution in [0.5, 0.6) is 0 Å². The molecule has 2 amide bonds. The highest BCUT2D eigenvalue weighted by atomic mass is 19.4. The predicted octanol–water partition coefficient (Wildman–Crippen LogP) is 5.70. The highest BCUT2D eigenvalue weighted by Crippen LogP contribution is 2.87. The lowest BCUT2D eigenvalue weighted by molar-refractivity contribution is -0.180. The Morgan fingerprint density at radius 1 is 1.00 bits per heavy atom. The van der Waals surface area contributed by atoms with Crippen LogP contribution in [0, 0.1) is 51.2 Å². The number of nitrogens with zero attached hydrogens (tertiary/aromatic N) is 2. The number of hydrogen-bond acceptors (Lipinski definition) is 8. The van der Waals surface area contributed by atoms with Crippen molar-refractivity contribution in [2.45, 2.75) is 148 Å². The molecule has 0 aromatic carbocycles. The van der Waals surface area contributed by atoms with E-state index in [2.05, 4.69) is 46.9 Å². The van der Waals surface area contributed by atoms with Gasteiger partial charge < -0.3 is 40.2 Å². The minimum atomic E-state index is -4.28. The molecule has 0 bridgehead atoms. The van der Waals surface area contributed by atoms with Crippen LogP contribution in [0.3, 0.4) is 0 Å². The summed E-state index contributed by atoms with van der Waals surface area (Å²) in [5.74, 6) is 0.882. The normalized spacial score (nSPS) is 46.8.